The van der Waals surface area contributed by atoms with E-state index in [1.165, 1.54) is 63.5 Å². The average Bonchev–Trinajstić information content (AvgIpc) is 2.75. The molecule has 0 atom stereocenters. The van der Waals surface area contributed by atoms with Gasteiger partial charge in [-0.3, -0.25) is 0 Å². The number of benzene rings is 1. The van der Waals surface area contributed by atoms with Gasteiger partial charge in [0.25, 0.3) is 0 Å². The summed E-state index contributed by atoms with van der Waals surface area (Å²) in [6, 6.07) is 2.89. The fraction of sp³-hybridized carbons (Fsp3) is 0.643. The Kier molecular flexibility index (Phi) is 8.98. The van der Waals surface area contributed by atoms with Crippen molar-refractivity contribution in [3.8, 4) is 11.8 Å². The van der Waals surface area contributed by atoms with Crippen LogP contribution < -0.4 is 0 Å². The topological polar surface area (TPSA) is 0 Å². The summed E-state index contributed by atoms with van der Waals surface area (Å²) in [6.45, 7) is 5.83. The number of aryl methyl sites for hydroxylation is 1. The summed E-state index contributed by atoms with van der Waals surface area (Å²) in [5.74, 6) is 7.94. The summed E-state index contributed by atoms with van der Waals surface area (Å²) >= 11 is 0. The molecule has 0 nitrogen and oxygen atoms in total. The third-order valence-electron chi connectivity index (χ3n) is 7.39. The van der Waals surface area contributed by atoms with Gasteiger partial charge in [-0.05, 0) is 93.2 Å². The monoisotopic (exact) mass is 412 g/mol. The van der Waals surface area contributed by atoms with Gasteiger partial charge in [-0.25, -0.2) is 8.78 Å². The predicted molar refractivity (Wildman–Crippen MR) is 122 cm³/mol. The summed E-state index contributed by atoms with van der Waals surface area (Å²) in [7, 11) is 0. The molecule has 0 N–H and O–H groups in total. The number of rotatable bonds is 7. The molecule has 0 amide bonds. The van der Waals surface area contributed by atoms with Gasteiger partial charge in [-0.1, -0.05) is 50.5 Å². The Labute approximate surface area is 182 Å². The maximum atomic E-state index is 14.3. The molecular formula is C28H38F2. The highest BCUT2D eigenvalue weighted by Crippen LogP contribution is 2.42. The molecule has 0 heterocycles. The van der Waals surface area contributed by atoms with Gasteiger partial charge in [0.05, 0.1) is 5.56 Å². The van der Waals surface area contributed by atoms with Crippen molar-refractivity contribution in [2.75, 3.05) is 0 Å². The minimum absolute atomic E-state index is 0.0493. The van der Waals surface area contributed by atoms with E-state index in [1.807, 2.05) is 13.0 Å². The fourth-order valence-electron chi connectivity index (χ4n) is 5.59. The van der Waals surface area contributed by atoms with E-state index in [9.17, 15) is 8.78 Å². The fourth-order valence-corrected chi connectivity index (χ4v) is 5.59. The zero-order valence-corrected chi connectivity index (χ0v) is 18.7. The van der Waals surface area contributed by atoms with Gasteiger partial charge in [0.2, 0.25) is 0 Å². The smallest absolute Gasteiger partial charge is 0.142 e. The molecule has 0 aromatic heterocycles. The molecule has 0 saturated heterocycles. The van der Waals surface area contributed by atoms with E-state index in [2.05, 4.69) is 18.4 Å². The van der Waals surface area contributed by atoms with E-state index in [4.69, 9.17) is 0 Å². The summed E-state index contributed by atoms with van der Waals surface area (Å²) in [6.07, 6.45) is 17.6. The Morgan fingerprint density at radius 2 is 1.57 bits per heavy atom. The van der Waals surface area contributed by atoms with Crippen molar-refractivity contribution in [2.24, 2.45) is 23.7 Å². The third-order valence-corrected chi connectivity index (χ3v) is 7.39. The molecule has 0 spiro atoms. The Hall–Kier alpha value is -1.62. The lowest BCUT2D eigenvalue weighted by Crippen LogP contribution is -2.25. The Bertz CT molecular complexity index is 715. The van der Waals surface area contributed by atoms with Crippen molar-refractivity contribution < 1.29 is 8.78 Å². The largest absolute Gasteiger partial charge is 0.206 e. The molecule has 0 radical (unpaired) electrons. The first-order valence-corrected chi connectivity index (χ1v) is 12.2. The predicted octanol–water partition coefficient (Wildman–Crippen LogP) is 8.24. The standard InChI is InChI=1S/C28H38F2/c1-3-5-6-8-21-9-14-24(15-10-21)25-16-11-22(12-17-25)13-18-26-27(29)19-23(7-4-2)20-28(26)30/h3,19-22,24-25H,1,4-12,14-17H2,2H3/t21-,22-,24-,25-. The SMILES string of the molecule is C=CCCC[C@H]1CC[C@H]([C@H]2CC[C@H](C#Cc3c(F)cc(CCC)cc3F)CC2)CC1. The molecule has 2 fully saturated rings. The minimum Gasteiger partial charge on any atom is -0.206 e. The van der Waals surface area contributed by atoms with Gasteiger partial charge in [0, 0.05) is 5.92 Å². The summed E-state index contributed by atoms with van der Waals surface area (Å²) in [5, 5.41) is 0. The van der Waals surface area contributed by atoms with Crippen LogP contribution in [-0.2, 0) is 6.42 Å². The van der Waals surface area contributed by atoms with Crippen LogP contribution in [0.25, 0.3) is 0 Å². The lowest BCUT2D eigenvalue weighted by atomic mass is 9.69. The first kappa shape index (κ1) is 23.1. The first-order chi connectivity index (χ1) is 14.6. The highest BCUT2D eigenvalue weighted by Gasteiger charge is 2.30. The molecule has 2 aliphatic rings. The number of unbranched alkanes of at least 4 members (excludes halogenated alkanes) is 1. The van der Waals surface area contributed by atoms with Gasteiger partial charge in [-0.15, -0.1) is 6.58 Å². The van der Waals surface area contributed by atoms with Crippen LogP contribution in [0.1, 0.15) is 95.1 Å². The van der Waals surface area contributed by atoms with Crippen LogP contribution in [0.15, 0.2) is 24.8 Å². The van der Waals surface area contributed by atoms with Crippen LogP contribution in [0.4, 0.5) is 8.78 Å². The summed E-state index contributed by atoms with van der Waals surface area (Å²) in [4.78, 5) is 0. The van der Waals surface area contributed by atoms with Crippen molar-refractivity contribution in [1.29, 1.82) is 0 Å². The Morgan fingerprint density at radius 3 is 2.13 bits per heavy atom. The number of hydrogen-bond acceptors (Lipinski definition) is 0. The van der Waals surface area contributed by atoms with Crippen LogP contribution in [0.5, 0.6) is 0 Å². The molecule has 0 aliphatic heterocycles. The third kappa shape index (κ3) is 6.44. The highest BCUT2D eigenvalue weighted by molar-refractivity contribution is 5.39. The lowest BCUT2D eigenvalue weighted by molar-refractivity contribution is 0.153. The van der Waals surface area contributed by atoms with Crippen molar-refractivity contribution in [3.63, 3.8) is 0 Å². The summed E-state index contributed by atoms with van der Waals surface area (Å²) in [5.41, 5.74) is 0.667. The quantitative estimate of drug-likeness (QED) is 0.240. The van der Waals surface area contributed by atoms with Gasteiger partial charge in [0.15, 0.2) is 0 Å². The normalized spacial score (nSPS) is 26.6. The molecule has 0 unspecified atom stereocenters. The highest BCUT2D eigenvalue weighted by atomic mass is 19.1. The van der Waals surface area contributed by atoms with Crippen LogP contribution in [0, 0.1) is 47.1 Å². The molecule has 1 aromatic carbocycles. The molecule has 2 heteroatoms. The second-order valence-corrected chi connectivity index (χ2v) is 9.57. The Morgan fingerprint density at radius 1 is 0.967 bits per heavy atom. The lowest BCUT2D eigenvalue weighted by Gasteiger charge is -2.37. The van der Waals surface area contributed by atoms with Gasteiger partial charge in [0.1, 0.15) is 11.6 Å². The maximum absolute atomic E-state index is 14.3. The van der Waals surface area contributed by atoms with E-state index in [-0.39, 0.29) is 11.5 Å². The zero-order chi connectivity index (χ0) is 21.3. The van der Waals surface area contributed by atoms with Crippen molar-refractivity contribution in [3.05, 3.63) is 47.5 Å². The Balaban J connectivity index is 1.46. The van der Waals surface area contributed by atoms with Crippen LogP contribution >= 0.6 is 0 Å². The van der Waals surface area contributed by atoms with Crippen LogP contribution in [0.3, 0.4) is 0 Å². The molecule has 30 heavy (non-hydrogen) atoms. The minimum atomic E-state index is -0.510. The first-order valence-electron chi connectivity index (χ1n) is 12.2. The zero-order valence-electron chi connectivity index (χ0n) is 18.7. The van der Waals surface area contributed by atoms with E-state index in [0.29, 0.717) is 12.0 Å². The van der Waals surface area contributed by atoms with Gasteiger partial charge in [-0.2, -0.15) is 0 Å². The maximum Gasteiger partial charge on any atom is 0.142 e. The van der Waals surface area contributed by atoms with Crippen molar-refractivity contribution in [1.82, 2.24) is 0 Å². The van der Waals surface area contributed by atoms with Crippen molar-refractivity contribution >= 4 is 0 Å². The van der Waals surface area contributed by atoms with Gasteiger partial charge >= 0.3 is 0 Å². The van der Waals surface area contributed by atoms with E-state index in [1.54, 1.807) is 0 Å². The molecule has 164 valence electrons. The van der Waals surface area contributed by atoms with Crippen LogP contribution in [-0.4, -0.2) is 0 Å². The van der Waals surface area contributed by atoms with E-state index in [0.717, 1.165) is 43.4 Å². The molecule has 2 aliphatic carbocycles. The second-order valence-electron chi connectivity index (χ2n) is 9.57. The second kappa shape index (κ2) is 11.7. The van der Waals surface area contributed by atoms with Gasteiger partial charge < -0.3 is 0 Å². The molecular weight excluding hydrogens is 374 g/mol. The number of halogens is 2. The number of hydrogen-bond donors (Lipinski definition) is 0. The van der Waals surface area contributed by atoms with Crippen molar-refractivity contribution in [2.45, 2.75) is 90.4 Å². The average molecular weight is 413 g/mol. The van der Waals surface area contributed by atoms with E-state index >= 15 is 0 Å². The van der Waals surface area contributed by atoms with Crippen LogP contribution in [0.2, 0.25) is 0 Å². The molecule has 1 aromatic rings. The molecule has 2 saturated carbocycles. The molecule has 0 bridgehead atoms. The number of allylic oxidation sites excluding steroid dienone is 1. The summed E-state index contributed by atoms with van der Waals surface area (Å²) < 4.78 is 28.6. The molecule has 3 rings (SSSR count). The van der Waals surface area contributed by atoms with E-state index < -0.39 is 11.6 Å².